The standard InChI is InChI=1S/C44H59NO7/c1-4-6-7-8-9-10-11-12-22-29-40(47)45(35(3)46)31-39-41(49-32-36-23-16-13-17-24-36)42(50-33-37-25-18-14-19-26-37)43(44(52-39)48-30-5-2)51-34-38-27-20-15-21-28-38/h5,13-21,23-28,39,41-44H,2,4,6-12,22,29-34H2,1,3H3/t39-,41-,42+,43-,44+/m1/s1. The van der Waals surface area contributed by atoms with Crippen LogP contribution in [0.3, 0.4) is 0 Å². The summed E-state index contributed by atoms with van der Waals surface area (Å²) in [6.45, 7) is 8.55. The van der Waals surface area contributed by atoms with Crippen LogP contribution in [-0.2, 0) is 53.1 Å². The second-order valence-electron chi connectivity index (χ2n) is 13.6. The van der Waals surface area contributed by atoms with E-state index in [0.29, 0.717) is 13.0 Å². The first-order chi connectivity index (χ1) is 25.5. The number of rotatable bonds is 24. The Bertz CT molecular complexity index is 1420. The van der Waals surface area contributed by atoms with Crippen LogP contribution in [-0.4, -0.2) is 60.6 Å². The predicted octanol–water partition coefficient (Wildman–Crippen LogP) is 8.97. The molecule has 0 saturated carbocycles. The first-order valence-electron chi connectivity index (χ1n) is 19.2. The van der Waals surface area contributed by atoms with Crippen LogP contribution < -0.4 is 0 Å². The molecule has 52 heavy (non-hydrogen) atoms. The van der Waals surface area contributed by atoms with Gasteiger partial charge in [-0.05, 0) is 23.1 Å². The molecule has 0 aromatic heterocycles. The maximum absolute atomic E-state index is 13.6. The van der Waals surface area contributed by atoms with Gasteiger partial charge < -0.3 is 23.7 Å². The highest BCUT2D eigenvalue weighted by molar-refractivity contribution is 5.94. The van der Waals surface area contributed by atoms with E-state index in [2.05, 4.69) is 13.5 Å². The zero-order valence-electron chi connectivity index (χ0n) is 31.2. The van der Waals surface area contributed by atoms with Crippen molar-refractivity contribution in [3.05, 3.63) is 120 Å². The Morgan fingerprint density at radius 2 is 1.12 bits per heavy atom. The van der Waals surface area contributed by atoms with E-state index >= 15 is 0 Å². The third kappa shape index (κ3) is 14.1. The SMILES string of the molecule is C=CCO[C@H]1O[C@H](CN(C(C)=O)C(=O)CCCCCCCCCCC)[C@@H](OCc2ccccc2)[C@H](OCc2ccccc2)[C@H]1OCc1ccccc1. The van der Waals surface area contributed by atoms with E-state index in [1.165, 1.54) is 50.3 Å². The fraction of sp³-hybridized carbons (Fsp3) is 0.500. The molecule has 1 aliphatic heterocycles. The molecule has 2 amide bonds. The molecular formula is C44H59NO7. The zero-order valence-corrected chi connectivity index (χ0v) is 31.2. The number of carbonyl (C=O) groups is 2. The lowest BCUT2D eigenvalue weighted by molar-refractivity contribution is -0.321. The molecule has 8 nitrogen and oxygen atoms in total. The van der Waals surface area contributed by atoms with Crippen molar-refractivity contribution in [2.75, 3.05) is 13.2 Å². The molecule has 1 fully saturated rings. The van der Waals surface area contributed by atoms with Crippen LogP contribution in [0.4, 0.5) is 0 Å². The highest BCUT2D eigenvalue weighted by atomic mass is 16.7. The highest BCUT2D eigenvalue weighted by Crippen LogP contribution is 2.32. The summed E-state index contributed by atoms with van der Waals surface area (Å²) in [4.78, 5) is 28.0. The van der Waals surface area contributed by atoms with Gasteiger partial charge in [0, 0.05) is 13.3 Å². The number of nitrogens with zero attached hydrogens (tertiary/aromatic N) is 1. The smallest absolute Gasteiger partial charge is 0.229 e. The summed E-state index contributed by atoms with van der Waals surface area (Å²) >= 11 is 0. The molecule has 0 bridgehead atoms. The average molecular weight is 714 g/mol. The Morgan fingerprint density at radius 3 is 1.60 bits per heavy atom. The van der Waals surface area contributed by atoms with E-state index in [-0.39, 0.29) is 38.2 Å². The monoisotopic (exact) mass is 713 g/mol. The quantitative estimate of drug-likeness (QED) is 0.0677. The van der Waals surface area contributed by atoms with E-state index in [9.17, 15) is 9.59 Å². The summed E-state index contributed by atoms with van der Waals surface area (Å²) in [5.41, 5.74) is 2.94. The minimum atomic E-state index is -0.884. The minimum Gasteiger partial charge on any atom is -0.368 e. The summed E-state index contributed by atoms with van der Waals surface area (Å²) in [6.07, 6.45) is 8.50. The number of carbonyl (C=O) groups excluding carboxylic acids is 2. The molecule has 1 heterocycles. The Morgan fingerprint density at radius 1 is 0.654 bits per heavy atom. The van der Waals surface area contributed by atoms with E-state index in [4.69, 9.17) is 23.7 Å². The third-order valence-corrected chi connectivity index (χ3v) is 9.36. The number of imide groups is 1. The molecule has 8 heteroatoms. The summed E-state index contributed by atoms with van der Waals surface area (Å²) < 4.78 is 32.9. The Hall–Kier alpha value is -3.66. The number of hydrogen-bond donors (Lipinski definition) is 0. The van der Waals surface area contributed by atoms with Crippen molar-refractivity contribution < 1.29 is 33.3 Å². The van der Waals surface area contributed by atoms with Crippen LogP contribution in [0.25, 0.3) is 0 Å². The van der Waals surface area contributed by atoms with Crippen molar-refractivity contribution in [3.63, 3.8) is 0 Å². The van der Waals surface area contributed by atoms with Crippen LogP contribution in [0.2, 0.25) is 0 Å². The molecule has 3 aromatic rings. The zero-order chi connectivity index (χ0) is 36.8. The molecular weight excluding hydrogens is 654 g/mol. The molecule has 282 valence electrons. The number of benzene rings is 3. The maximum Gasteiger partial charge on any atom is 0.229 e. The molecule has 0 radical (unpaired) electrons. The van der Waals surface area contributed by atoms with Crippen LogP contribution >= 0.6 is 0 Å². The van der Waals surface area contributed by atoms with Gasteiger partial charge in [-0.2, -0.15) is 0 Å². The van der Waals surface area contributed by atoms with E-state index < -0.39 is 30.7 Å². The van der Waals surface area contributed by atoms with Crippen molar-refractivity contribution in [2.45, 2.75) is 129 Å². The molecule has 0 unspecified atom stereocenters. The lowest BCUT2D eigenvalue weighted by Crippen LogP contribution is -2.63. The summed E-state index contributed by atoms with van der Waals surface area (Å²) in [5.74, 6) is -0.548. The molecule has 4 rings (SSSR count). The third-order valence-electron chi connectivity index (χ3n) is 9.36. The Balaban J connectivity index is 1.56. The van der Waals surface area contributed by atoms with Gasteiger partial charge in [0.15, 0.2) is 6.29 Å². The number of ether oxygens (including phenoxy) is 5. The topological polar surface area (TPSA) is 83.5 Å². The van der Waals surface area contributed by atoms with Gasteiger partial charge in [-0.25, -0.2) is 0 Å². The number of unbranched alkanes of at least 4 members (excludes halogenated alkanes) is 8. The molecule has 0 N–H and O–H groups in total. The molecule has 0 spiro atoms. The highest BCUT2D eigenvalue weighted by Gasteiger charge is 2.50. The van der Waals surface area contributed by atoms with Gasteiger partial charge in [-0.3, -0.25) is 14.5 Å². The second-order valence-corrected chi connectivity index (χ2v) is 13.6. The van der Waals surface area contributed by atoms with Gasteiger partial charge in [-0.15, -0.1) is 6.58 Å². The normalized spacial score (nSPS) is 20.0. The molecule has 1 saturated heterocycles. The fourth-order valence-corrected chi connectivity index (χ4v) is 6.50. The van der Waals surface area contributed by atoms with E-state index in [1.807, 2.05) is 91.0 Å². The van der Waals surface area contributed by atoms with Crippen LogP contribution in [0, 0.1) is 0 Å². The van der Waals surface area contributed by atoms with Crippen molar-refractivity contribution in [1.82, 2.24) is 4.90 Å². The molecule has 1 aliphatic rings. The minimum absolute atomic E-state index is 0.00436. The van der Waals surface area contributed by atoms with Crippen molar-refractivity contribution in [2.24, 2.45) is 0 Å². The van der Waals surface area contributed by atoms with Gasteiger partial charge in [0.1, 0.15) is 24.4 Å². The number of amides is 2. The van der Waals surface area contributed by atoms with Gasteiger partial charge >= 0.3 is 0 Å². The van der Waals surface area contributed by atoms with Gasteiger partial charge in [0.25, 0.3) is 0 Å². The first-order valence-corrected chi connectivity index (χ1v) is 19.2. The molecule has 3 aromatic carbocycles. The van der Waals surface area contributed by atoms with Crippen LogP contribution in [0.5, 0.6) is 0 Å². The van der Waals surface area contributed by atoms with E-state index in [0.717, 1.165) is 36.0 Å². The Kier molecular flexibility index (Phi) is 18.8. The number of hydrogen-bond acceptors (Lipinski definition) is 7. The second kappa shape index (κ2) is 23.8. The fourth-order valence-electron chi connectivity index (χ4n) is 6.50. The van der Waals surface area contributed by atoms with Crippen molar-refractivity contribution in [3.8, 4) is 0 Å². The lowest BCUT2D eigenvalue weighted by atomic mass is 9.96. The summed E-state index contributed by atoms with van der Waals surface area (Å²) in [6, 6.07) is 29.7. The van der Waals surface area contributed by atoms with Gasteiger partial charge in [0.05, 0.1) is 33.0 Å². The maximum atomic E-state index is 13.6. The Labute approximate surface area is 311 Å². The van der Waals surface area contributed by atoms with Crippen LogP contribution in [0.1, 0.15) is 94.7 Å². The summed E-state index contributed by atoms with van der Waals surface area (Å²) in [7, 11) is 0. The first kappa shape index (κ1) is 41.1. The molecule has 0 aliphatic carbocycles. The van der Waals surface area contributed by atoms with Crippen LogP contribution in [0.15, 0.2) is 104 Å². The average Bonchev–Trinajstić information content (AvgIpc) is 3.17. The van der Waals surface area contributed by atoms with Gasteiger partial charge in [0.2, 0.25) is 11.8 Å². The predicted molar refractivity (Wildman–Crippen MR) is 204 cm³/mol. The largest absolute Gasteiger partial charge is 0.368 e. The van der Waals surface area contributed by atoms with E-state index in [1.54, 1.807) is 6.08 Å². The van der Waals surface area contributed by atoms with Gasteiger partial charge in [-0.1, -0.05) is 155 Å². The van der Waals surface area contributed by atoms with Crippen molar-refractivity contribution >= 4 is 11.8 Å². The summed E-state index contributed by atoms with van der Waals surface area (Å²) in [5, 5.41) is 0. The van der Waals surface area contributed by atoms with Crippen molar-refractivity contribution in [1.29, 1.82) is 0 Å². The lowest BCUT2D eigenvalue weighted by Gasteiger charge is -2.46. The molecule has 5 atom stereocenters.